The van der Waals surface area contributed by atoms with Crippen LogP contribution in [0.4, 0.5) is 0 Å². The first-order valence-corrected chi connectivity index (χ1v) is 4.75. The fourth-order valence-electron chi connectivity index (χ4n) is 0.557. The Morgan fingerprint density at radius 2 is 1.50 bits per heavy atom. The van der Waals surface area contributed by atoms with Crippen LogP contribution in [0, 0.1) is 0 Å². The van der Waals surface area contributed by atoms with Gasteiger partial charge < -0.3 is 0 Å². The fourth-order valence-corrected chi connectivity index (χ4v) is 0.986. The molecule has 1 aromatic carbocycles. The predicted molar refractivity (Wildman–Crippen MR) is 49.6 cm³/mol. The lowest BCUT2D eigenvalue weighted by molar-refractivity contribution is 1.47. The third kappa shape index (κ3) is 3.57. The van der Waals surface area contributed by atoms with E-state index in [0.717, 1.165) is 0 Å². The van der Waals surface area contributed by atoms with Crippen LogP contribution in [-0.2, 0) is 0 Å². The quantitative estimate of drug-likeness (QED) is 0.558. The standard InChI is InChI=1S/C7H8S.C2H6/c1-8-7-5-3-2-4-6-7;1-2/h2-6H,1H3;1-2H3. The Hall–Kier alpha value is -0.430. The minimum Gasteiger partial charge on any atom is -0.130 e. The summed E-state index contributed by atoms with van der Waals surface area (Å²) in [5, 5.41) is 0. The Morgan fingerprint density at radius 3 is 1.80 bits per heavy atom. The number of thioether (sulfide) groups is 1. The van der Waals surface area contributed by atoms with E-state index in [1.807, 2.05) is 32.0 Å². The molecule has 0 radical (unpaired) electrons. The van der Waals surface area contributed by atoms with Crippen LogP contribution in [0.15, 0.2) is 35.2 Å². The van der Waals surface area contributed by atoms with Crippen molar-refractivity contribution in [2.45, 2.75) is 18.7 Å². The van der Waals surface area contributed by atoms with Crippen LogP contribution in [0.1, 0.15) is 13.8 Å². The molecule has 0 aliphatic carbocycles. The zero-order valence-corrected chi connectivity index (χ0v) is 7.61. The van der Waals surface area contributed by atoms with Crippen molar-refractivity contribution >= 4 is 11.8 Å². The second-order valence-electron chi connectivity index (χ2n) is 1.52. The molecule has 0 N–H and O–H groups in total. The van der Waals surface area contributed by atoms with Crippen LogP contribution < -0.4 is 0 Å². The van der Waals surface area contributed by atoms with Crippen molar-refractivity contribution in [3.8, 4) is 0 Å². The van der Waals surface area contributed by atoms with Gasteiger partial charge in [0.25, 0.3) is 0 Å². The van der Waals surface area contributed by atoms with Gasteiger partial charge in [-0.2, -0.15) is 0 Å². The summed E-state index contributed by atoms with van der Waals surface area (Å²) in [6, 6.07) is 10.3. The topological polar surface area (TPSA) is 0 Å². The van der Waals surface area contributed by atoms with Gasteiger partial charge in [-0.05, 0) is 18.4 Å². The molecule has 0 unspecified atom stereocenters. The van der Waals surface area contributed by atoms with Gasteiger partial charge in [0.1, 0.15) is 0 Å². The van der Waals surface area contributed by atoms with Crippen LogP contribution in [0.25, 0.3) is 0 Å². The third-order valence-electron chi connectivity index (χ3n) is 0.979. The first-order valence-electron chi connectivity index (χ1n) is 3.52. The first kappa shape index (κ1) is 9.57. The van der Waals surface area contributed by atoms with Crippen molar-refractivity contribution in [1.29, 1.82) is 0 Å². The maximum Gasteiger partial charge on any atom is 0.00691 e. The Balaban J connectivity index is 0.000000371. The Kier molecular flexibility index (Phi) is 6.40. The van der Waals surface area contributed by atoms with E-state index >= 15 is 0 Å². The van der Waals surface area contributed by atoms with Crippen molar-refractivity contribution in [2.75, 3.05) is 6.26 Å². The molecule has 0 bridgehead atoms. The summed E-state index contributed by atoms with van der Waals surface area (Å²) in [6.07, 6.45) is 2.08. The lowest BCUT2D eigenvalue weighted by Crippen LogP contribution is -1.62. The van der Waals surface area contributed by atoms with Crippen molar-refractivity contribution in [3.05, 3.63) is 30.3 Å². The van der Waals surface area contributed by atoms with E-state index in [4.69, 9.17) is 0 Å². The van der Waals surface area contributed by atoms with Gasteiger partial charge in [-0.1, -0.05) is 32.0 Å². The second kappa shape index (κ2) is 6.69. The molecular weight excluding hydrogens is 140 g/mol. The summed E-state index contributed by atoms with van der Waals surface area (Å²) < 4.78 is 0. The Bertz CT molecular complexity index is 146. The monoisotopic (exact) mass is 154 g/mol. The molecule has 0 aliphatic rings. The van der Waals surface area contributed by atoms with Crippen molar-refractivity contribution in [2.24, 2.45) is 0 Å². The van der Waals surface area contributed by atoms with Gasteiger partial charge >= 0.3 is 0 Å². The molecule has 0 nitrogen and oxygen atoms in total. The number of hydrogen-bond donors (Lipinski definition) is 0. The minimum absolute atomic E-state index is 1.33. The molecule has 10 heavy (non-hydrogen) atoms. The molecule has 0 saturated carbocycles. The lowest BCUT2D eigenvalue weighted by Gasteiger charge is -1.89. The molecular formula is C9H14S. The van der Waals surface area contributed by atoms with Crippen LogP contribution in [0.2, 0.25) is 0 Å². The highest BCUT2D eigenvalue weighted by Crippen LogP contribution is 2.11. The van der Waals surface area contributed by atoms with Gasteiger partial charge in [-0.3, -0.25) is 0 Å². The Labute approximate surface area is 67.7 Å². The van der Waals surface area contributed by atoms with Crippen LogP contribution in [-0.4, -0.2) is 6.26 Å². The molecule has 0 fully saturated rings. The summed E-state index contributed by atoms with van der Waals surface area (Å²) in [6.45, 7) is 4.00. The van der Waals surface area contributed by atoms with E-state index in [1.54, 1.807) is 11.8 Å². The van der Waals surface area contributed by atoms with E-state index in [-0.39, 0.29) is 0 Å². The SMILES string of the molecule is CC.CSc1ccccc1. The summed E-state index contributed by atoms with van der Waals surface area (Å²) in [4.78, 5) is 1.33. The number of hydrogen-bond acceptors (Lipinski definition) is 1. The molecule has 1 rings (SSSR count). The second-order valence-corrected chi connectivity index (χ2v) is 2.40. The largest absolute Gasteiger partial charge is 0.130 e. The smallest absolute Gasteiger partial charge is 0.00691 e. The van der Waals surface area contributed by atoms with E-state index in [0.29, 0.717) is 0 Å². The van der Waals surface area contributed by atoms with Crippen molar-refractivity contribution < 1.29 is 0 Å². The molecule has 0 amide bonds. The van der Waals surface area contributed by atoms with Crippen molar-refractivity contribution in [1.82, 2.24) is 0 Å². The van der Waals surface area contributed by atoms with E-state index < -0.39 is 0 Å². The maximum atomic E-state index is 2.10. The van der Waals surface area contributed by atoms with Gasteiger partial charge in [-0.15, -0.1) is 11.8 Å². The average Bonchev–Trinajstić information content (AvgIpc) is 2.10. The highest BCUT2D eigenvalue weighted by molar-refractivity contribution is 7.98. The predicted octanol–water partition coefficient (Wildman–Crippen LogP) is 3.43. The lowest BCUT2D eigenvalue weighted by atomic mass is 10.4. The molecule has 1 heteroatoms. The van der Waals surface area contributed by atoms with E-state index in [1.165, 1.54) is 4.90 Å². The van der Waals surface area contributed by atoms with Crippen LogP contribution >= 0.6 is 11.8 Å². The summed E-state index contributed by atoms with van der Waals surface area (Å²) >= 11 is 1.77. The highest BCUT2D eigenvalue weighted by atomic mass is 32.2. The third-order valence-corrected chi connectivity index (χ3v) is 1.72. The van der Waals surface area contributed by atoms with Gasteiger partial charge in [0, 0.05) is 4.90 Å². The summed E-state index contributed by atoms with van der Waals surface area (Å²) in [5.74, 6) is 0. The number of rotatable bonds is 1. The fraction of sp³-hybridized carbons (Fsp3) is 0.333. The zero-order valence-electron chi connectivity index (χ0n) is 6.79. The molecule has 0 spiro atoms. The molecule has 0 heterocycles. The Morgan fingerprint density at radius 1 is 1.00 bits per heavy atom. The summed E-state index contributed by atoms with van der Waals surface area (Å²) in [5.41, 5.74) is 0. The van der Waals surface area contributed by atoms with Crippen molar-refractivity contribution in [3.63, 3.8) is 0 Å². The maximum absolute atomic E-state index is 2.10. The minimum atomic E-state index is 1.33. The van der Waals surface area contributed by atoms with E-state index in [2.05, 4.69) is 18.4 Å². The summed E-state index contributed by atoms with van der Waals surface area (Å²) in [7, 11) is 0. The van der Waals surface area contributed by atoms with E-state index in [9.17, 15) is 0 Å². The van der Waals surface area contributed by atoms with Gasteiger partial charge in [-0.25, -0.2) is 0 Å². The molecule has 0 saturated heterocycles. The zero-order chi connectivity index (χ0) is 7.82. The molecule has 0 atom stereocenters. The first-order chi connectivity index (χ1) is 4.93. The number of benzene rings is 1. The molecule has 1 aromatic rings. The van der Waals surface area contributed by atoms with Gasteiger partial charge in [0.2, 0.25) is 0 Å². The molecule has 56 valence electrons. The van der Waals surface area contributed by atoms with Gasteiger partial charge in [0.15, 0.2) is 0 Å². The average molecular weight is 154 g/mol. The molecule has 0 aliphatic heterocycles. The van der Waals surface area contributed by atoms with Crippen LogP contribution in [0.5, 0.6) is 0 Å². The van der Waals surface area contributed by atoms with Gasteiger partial charge in [0.05, 0.1) is 0 Å². The normalized spacial score (nSPS) is 7.90. The highest BCUT2D eigenvalue weighted by Gasteiger charge is 1.80. The molecule has 0 aromatic heterocycles. The van der Waals surface area contributed by atoms with Crippen LogP contribution in [0.3, 0.4) is 0 Å².